The molecule has 7 heteroatoms. The van der Waals surface area contributed by atoms with Gasteiger partial charge in [0.1, 0.15) is 0 Å². The van der Waals surface area contributed by atoms with Gasteiger partial charge in [0.15, 0.2) is 0 Å². The molecule has 0 aliphatic carbocycles. The van der Waals surface area contributed by atoms with Crippen molar-refractivity contribution in [1.82, 2.24) is 24.9 Å². The summed E-state index contributed by atoms with van der Waals surface area (Å²) >= 11 is 0. The van der Waals surface area contributed by atoms with Crippen LogP contribution < -0.4 is 0 Å². The number of aromatic amines is 1. The van der Waals surface area contributed by atoms with Gasteiger partial charge < -0.3 is 10.0 Å². The zero-order valence-electron chi connectivity index (χ0n) is 15.2. The number of rotatable bonds is 5. The van der Waals surface area contributed by atoms with Crippen molar-refractivity contribution in [3.05, 3.63) is 34.9 Å². The number of aryl methyl sites for hydroxylation is 2. The molecule has 1 amide bonds. The molecular formula is C18H27N5O2. The van der Waals surface area contributed by atoms with Crippen LogP contribution >= 0.6 is 0 Å². The van der Waals surface area contributed by atoms with Gasteiger partial charge in [0.25, 0.3) is 0 Å². The highest BCUT2D eigenvalue weighted by Gasteiger charge is 2.30. The third-order valence-electron chi connectivity index (χ3n) is 5.27. The fourth-order valence-corrected chi connectivity index (χ4v) is 3.96. The predicted molar refractivity (Wildman–Crippen MR) is 94.3 cm³/mol. The highest BCUT2D eigenvalue weighted by atomic mass is 16.3. The molecule has 2 aromatic rings. The Morgan fingerprint density at radius 1 is 1.40 bits per heavy atom. The average Bonchev–Trinajstić information content (AvgIpc) is 3.21. The third-order valence-corrected chi connectivity index (χ3v) is 5.27. The van der Waals surface area contributed by atoms with Crippen molar-refractivity contribution in [3.8, 4) is 0 Å². The van der Waals surface area contributed by atoms with E-state index in [1.807, 2.05) is 36.4 Å². The van der Waals surface area contributed by atoms with Crippen molar-refractivity contribution < 1.29 is 9.90 Å². The van der Waals surface area contributed by atoms with E-state index in [2.05, 4.69) is 15.3 Å². The maximum Gasteiger partial charge on any atom is 0.229 e. The SMILES string of the molecule is Cc1n[nH]c(C)c1C(C)C(=O)N1CCC(c2ccnn2CCO)CC1. The lowest BCUT2D eigenvalue weighted by Gasteiger charge is -2.34. The number of nitrogens with zero attached hydrogens (tertiary/aromatic N) is 4. The van der Waals surface area contributed by atoms with Gasteiger partial charge in [-0.2, -0.15) is 10.2 Å². The smallest absolute Gasteiger partial charge is 0.229 e. The first kappa shape index (κ1) is 17.7. The van der Waals surface area contributed by atoms with E-state index >= 15 is 0 Å². The summed E-state index contributed by atoms with van der Waals surface area (Å²) in [5.41, 5.74) is 4.06. The van der Waals surface area contributed by atoms with Gasteiger partial charge in [0.2, 0.25) is 5.91 Å². The van der Waals surface area contributed by atoms with E-state index in [-0.39, 0.29) is 18.4 Å². The second-order valence-corrected chi connectivity index (χ2v) is 6.87. The molecule has 0 aromatic carbocycles. The van der Waals surface area contributed by atoms with Crippen molar-refractivity contribution in [2.45, 2.75) is 52.0 Å². The summed E-state index contributed by atoms with van der Waals surface area (Å²) in [5.74, 6) is 0.399. The number of nitrogens with one attached hydrogen (secondary N) is 1. The Kier molecular flexibility index (Phi) is 5.22. The fourth-order valence-electron chi connectivity index (χ4n) is 3.96. The van der Waals surface area contributed by atoms with Crippen LogP contribution in [0.25, 0.3) is 0 Å². The monoisotopic (exact) mass is 345 g/mol. The second-order valence-electron chi connectivity index (χ2n) is 6.87. The summed E-state index contributed by atoms with van der Waals surface area (Å²) in [5, 5.41) is 20.6. The van der Waals surface area contributed by atoms with Crippen molar-refractivity contribution in [1.29, 1.82) is 0 Å². The second kappa shape index (κ2) is 7.39. The Morgan fingerprint density at radius 3 is 2.72 bits per heavy atom. The molecule has 1 saturated heterocycles. The molecule has 2 N–H and O–H groups in total. The number of amides is 1. The molecule has 1 unspecified atom stereocenters. The van der Waals surface area contributed by atoms with E-state index in [9.17, 15) is 4.79 Å². The van der Waals surface area contributed by atoms with Crippen LogP contribution in [0.4, 0.5) is 0 Å². The highest BCUT2D eigenvalue weighted by Crippen LogP contribution is 2.30. The molecule has 1 atom stereocenters. The third kappa shape index (κ3) is 3.46. The maximum atomic E-state index is 12.9. The maximum absolute atomic E-state index is 12.9. The summed E-state index contributed by atoms with van der Waals surface area (Å²) in [7, 11) is 0. The van der Waals surface area contributed by atoms with Gasteiger partial charge in [-0.05, 0) is 39.7 Å². The number of hydrogen-bond donors (Lipinski definition) is 2. The lowest BCUT2D eigenvalue weighted by molar-refractivity contribution is -0.133. The van der Waals surface area contributed by atoms with Crippen LogP contribution in [-0.4, -0.2) is 55.6 Å². The molecule has 0 bridgehead atoms. The number of likely N-dealkylation sites (tertiary alicyclic amines) is 1. The molecule has 2 aromatic heterocycles. The van der Waals surface area contributed by atoms with E-state index in [1.54, 1.807) is 6.20 Å². The van der Waals surface area contributed by atoms with Gasteiger partial charge >= 0.3 is 0 Å². The topological polar surface area (TPSA) is 87.0 Å². The molecule has 25 heavy (non-hydrogen) atoms. The number of carbonyl (C=O) groups excluding carboxylic acids is 1. The van der Waals surface area contributed by atoms with Crippen molar-refractivity contribution in [2.75, 3.05) is 19.7 Å². The zero-order chi connectivity index (χ0) is 18.0. The van der Waals surface area contributed by atoms with Crippen LogP contribution in [-0.2, 0) is 11.3 Å². The minimum absolute atomic E-state index is 0.0902. The lowest BCUT2D eigenvalue weighted by Crippen LogP contribution is -2.40. The summed E-state index contributed by atoms with van der Waals surface area (Å²) in [6, 6.07) is 2.03. The number of H-pyrrole nitrogens is 1. The molecule has 3 rings (SSSR count). The molecule has 1 fully saturated rings. The Bertz CT molecular complexity index is 708. The van der Waals surface area contributed by atoms with Crippen molar-refractivity contribution >= 4 is 5.91 Å². The van der Waals surface area contributed by atoms with Crippen LogP contribution in [0.15, 0.2) is 12.3 Å². The highest BCUT2D eigenvalue weighted by molar-refractivity contribution is 5.84. The molecule has 136 valence electrons. The van der Waals surface area contributed by atoms with Gasteiger partial charge in [0.05, 0.1) is 24.8 Å². The van der Waals surface area contributed by atoms with E-state index in [0.29, 0.717) is 12.5 Å². The van der Waals surface area contributed by atoms with Crippen LogP contribution in [0.1, 0.15) is 54.2 Å². The normalized spacial score (nSPS) is 17.0. The quantitative estimate of drug-likeness (QED) is 0.864. The first-order valence-corrected chi connectivity index (χ1v) is 8.95. The molecule has 1 aliphatic rings. The van der Waals surface area contributed by atoms with Gasteiger partial charge in [-0.3, -0.25) is 14.6 Å². The first-order valence-electron chi connectivity index (χ1n) is 8.95. The molecule has 0 spiro atoms. The van der Waals surface area contributed by atoms with Gasteiger partial charge in [-0.1, -0.05) is 0 Å². The molecular weight excluding hydrogens is 318 g/mol. The fraction of sp³-hybridized carbons (Fsp3) is 0.611. The molecule has 0 radical (unpaired) electrons. The Hall–Kier alpha value is -2.15. The number of aliphatic hydroxyl groups excluding tert-OH is 1. The first-order chi connectivity index (χ1) is 12.0. The minimum atomic E-state index is -0.171. The van der Waals surface area contributed by atoms with Crippen LogP contribution in [0.3, 0.4) is 0 Å². The molecule has 3 heterocycles. The summed E-state index contributed by atoms with van der Waals surface area (Å²) < 4.78 is 1.88. The summed E-state index contributed by atoms with van der Waals surface area (Å²) in [6.45, 7) is 8.01. The summed E-state index contributed by atoms with van der Waals surface area (Å²) in [4.78, 5) is 14.9. The van der Waals surface area contributed by atoms with Crippen molar-refractivity contribution in [2.24, 2.45) is 0 Å². The lowest BCUT2D eigenvalue weighted by atomic mass is 9.91. The minimum Gasteiger partial charge on any atom is -0.394 e. The van der Waals surface area contributed by atoms with Crippen LogP contribution in [0, 0.1) is 13.8 Å². The van der Waals surface area contributed by atoms with Gasteiger partial charge in [-0.15, -0.1) is 0 Å². The average molecular weight is 345 g/mol. The van der Waals surface area contributed by atoms with Gasteiger partial charge in [-0.25, -0.2) is 0 Å². The number of piperidine rings is 1. The predicted octanol–water partition coefficient (Wildman–Crippen LogP) is 1.73. The standard InChI is InChI=1S/C18H27N5O2/c1-12(17-13(2)20-21-14(17)3)18(25)22-8-5-15(6-9-22)16-4-7-19-23(16)10-11-24/h4,7,12,15,24H,5-6,8-11H2,1-3H3,(H,20,21). The van der Waals surface area contributed by atoms with E-state index in [0.717, 1.165) is 48.6 Å². The Labute approximate surface area is 148 Å². The van der Waals surface area contributed by atoms with E-state index in [4.69, 9.17) is 5.11 Å². The van der Waals surface area contributed by atoms with Crippen molar-refractivity contribution in [3.63, 3.8) is 0 Å². The van der Waals surface area contributed by atoms with E-state index in [1.165, 1.54) is 0 Å². The van der Waals surface area contributed by atoms with Crippen LogP contribution in [0.2, 0.25) is 0 Å². The Morgan fingerprint density at radius 2 is 2.12 bits per heavy atom. The van der Waals surface area contributed by atoms with E-state index < -0.39 is 0 Å². The number of aromatic nitrogens is 4. The van der Waals surface area contributed by atoms with Crippen LogP contribution in [0.5, 0.6) is 0 Å². The van der Waals surface area contributed by atoms with Gasteiger partial charge in [0, 0.05) is 42.2 Å². The molecule has 7 nitrogen and oxygen atoms in total. The molecule has 1 aliphatic heterocycles. The molecule has 0 saturated carbocycles. The number of hydrogen-bond acceptors (Lipinski definition) is 4. The zero-order valence-corrected chi connectivity index (χ0v) is 15.2. The summed E-state index contributed by atoms with van der Waals surface area (Å²) in [6.07, 6.45) is 3.65. The number of aliphatic hydroxyl groups is 1. The largest absolute Gasteiger partial charge is 0.394 e. The number of carbonyl (C=O) groups is 1. The Balaban J connectivity index is 1.64.